The van der Waals surface area contributed by atoms with E-state index in [-0.39, 0.29) is 11.9 Å². The van der Waals surface area contributed by atoms with E-state index >= 15 is 0 Å². The number of rotatable bonds is 3. The molecule has 0 spiro atoms. The predicted molar refractivity (Wildman–Crippen MR) is 81.2 cm³/mol. The normalized spacial score (nSPS) is 25.0. The van der Waals surface area contributed by atoms with Gasteiger partial charge in [0.25, 0.3) is 0 Å². The van der Waals surface area contributed by atoms with E-state index in [4.69, 9.17) is 9.47 Å². The molecule has 1 aromatic rings. The number of ether oxygens (including phenoxy) is 2. The van der Waals surface area contributed by atoms with Crippen molar-refractivity contribution < 1.29 is 14.3 Å². The monoisotopic (exact) mass is 310 g/mol. The van der Waals surface area contributed by atoms with Gasteiger partial charge in [0.2, 0.25) is 0 Å². The second-order valence-corrected chi connectivity index (χ2v) is 6.77. The smallest absolute Gasteiger partial charge is 0.317 e. The van der Waals surface area contributed by atoms with E-state index in [0.717, 1.165) is 19.4 Å². The second-order valence-electron chi connectivity index (χ2n) is 5.74. The highest BCUT2D eigenvalue weighted by molar-refractivity contribution is 7.09. The zero-order chi connectivity index (χ0) is 14.7. The molecule has 0 unspecified atom stereocenters. The van der Waals surface area contributed by atoms with Crippen LogP contribution in [0.15, 0.2) is 17.5 Å². The molecule has 3 rings (SSSR count). The Morgan fingerprint density at radius 3 is 3.05 bits per heavy atom. The van der Waals surface area contributed by atoms with E-state index in [0.29, 0.717) is 26.3 Å². The highest BCUT2D eigenvalue weighted by atomic mass is 32.1. The Hall–Kier alpha value is -1.11. The molecule has 3 heterocycles. The van der Waals surface area contributed by atoms with Crippen LogP contribution in [0.5, 0.6) is 0 Å². The van der Waals surface area contributed by atoms with Gasteiger partial charge in [0, 0.05) is 23.9 Å². The Balaban J connectivity index is 1.54. The molecule has 0 saturated carbocycles. The molecule has 116 valence electrons. The number of urea groups is 1. The summed E-state index contributed by atoms with van der Waals surface area (Å²) in [6, 6.07) is 4.04. The Labute approximate surface area is 129 Å². The maximum atomic E-state index is 12.3. The summed E-state index contributed by atoms with van der Waals surface area (Å²) in [4.78, 5) is 15.4. The average molecular weight is 310 g/mol. The van der Waals surface area contributed by atoms with Crippen molar-refractivity contribution >= 4 is 17.4 Å². The van der Waals surface area contributed by atoms with Crippen molar-refractivity contribution in [2.45, 2.75) is 32.1 Å². The third-order valence-corrected chi connectivity index (χ3v) is 5.18. The molecule has 21 heavy (non-hydrogen) atoms. The number of piperidine rings is 1. The fourth-order valence-corrected chi connectivity index (χ4v) is 3.69. The number of carbonyl (C=O) groups excluding carboxylic acids is 1. The van der Waals surface area contributed by atoms with Gasteiger partial charge in [0.15, 0.2) is 5.79 Å². The van der Waals surface area contributed by atoms with Crippen LogP contribution in [-0.2, 0) is 16.0 Å². The molecule has 1 aromatic heterocycles. The van der Waals surface area contributed by atoms with Crippen LogP contribution < -0.4 is 5.32 Å². The molecule has 1 atom stereocenters. The summed E-state index contributed by atoms with van der Waals surface area (Å²) in [7, 11) is 0. The van der Waals surface area contributed by atoms with Crippen LogP contribution in [0.2, 0.25) is 0 Å². The number of hydrogen-bond acceptors (Lipinski definition) is 4. The third-order valence-electron chi connectivity index (χ3n) is 4.30. The molecule has 2 aliphatic heterocycles. The zero-order valence-corrected chi connectivity index (χ0v) is 13.2. The van der Waals surface area contributed by atoms with E-state index in [2.05, 4.69) is 5.32 Å². The van der Waals surface area contributed by atoms with Crippen LogP contribution in [0.4, 0.5) is 4.79 Å². The standard InChI is InChI=1S/C15H22N2O3S/c1-15(19-7-8-20-15)12-4-2-6-17(11-12)14(18)16-10-13-5-3-9-21-13/h3,5,9,12H,2,4,6-8,10-11H2,1H3,(H,16,18)/t12-/m0/s1. The summed E-state index contributed by atoms with van der Waals surface area (Å²) in [6.07, 6.45) is 2.05. The van der Waals surface area contributed by atoms with Gasteiger partial charge < -0.3 is 19.7 Å². The van der Waals surface area contributed by atoms with Gasteiger partial charge in [-0.25, -0.2) is 4.79 Å². The number of likely N-dealkylation sites (tertiary alicyclic amines) is 1. The first-order valence-corrected chi connectivity index (χ1v) is 8.38. The van der Waals surface area contributed by atoms with Crippen LogP contribution in [0.25, 0.3) is 0 Å². The largest absolute Gasteiger partial charge is 0.347 e. The Morgan fingerprint density at radius 1 is 1.52 bits per heavy atom. The number of nitrogens with one attached hydrogen (secondary N) is 1. The first kappa shape index (κ1) is 14.8. The molecule has 0 aliphatic carbocycles. The average Bonchev–Trinajstić information content (AvgIpc) is 3.17. The van der Waals surface area contributed by atoms with Gasteiger partial charge in [-0.1, -0.05) is 6.07 Å². The molecule has 0 bridgehead atoms. The summed E-state index contributed by atoms with van der Waals surface area (Å²) in [5, 5.41) is 5.02. The Morgan fingerprint density at radius 2 is 2.33 bits per heavy atom. The van der Waals surface area contributed by atoms with E-state index in [1.54, 1.807) is 11.3 Å². The van der Waals surface area contributed by atoms with Crippen LogP contribution in [0, 0.1) is 5.92 Å². The lowest BCUT2D eigenvalue weighted by Crippen LogP contribution is -2.51. The van der Waals surface area contributed by atoms with Crippen molar-refractivity contribution in [3.8, 4) is 0 Å². The zero-order valence-electron chi connectivity index (χ0n) is 12.3. The van der Waals surface area contributed by atoms with Crippen LogP contribution in [-0.4, -0.2) is 43.0 Å². The minimum absolute atomic E-state index is 0.00898. The van der Waals surface area contributed by atoms with Crippen LogP contribution >= 0.6 is 11.3 Å². The second kappa shape index (κ2) is 6.34. The lowest BCUT2D eigenvalue weighted by molar-refractivity contribution is -0.189. The van der Waals surface area contributed by atoms with Gasteiger partial charge in [-0.15, -0.1) is 11.3 Å². The molecule has 2 saturated heterocycles. The van der Waals surface area contributed by atoms with Gasteiger partial charge in [-0.05, 0) is 31.2 Å². The van der Waals surface area contributed by atoms with Crippen molar-refractivity contribution in [3.05, 3.63) is 22.4 Å². The van der Waals surface area contributed by atoms with Gasteiger partial charge in [0.1, 0.15) is 0 Å². The topological polar surface area (TPSA) is 50.8 Å². The fraction of sp³-hybridized carbons (Fsp3) is 0.667. The van der Waals surface area contributed by atoms with Gasteiger partial charge in [-0.3, -0.25) is 0 Å². The molecule has 2 amide bonds. The van der Waals surface area contributed by atoms with Gasteiger partial charge in [-0.2, -0.15) is 0 Å². The molecular weight excluding hydrogens is 288 g/mol. The number of nitrogens with zero attached hydrogens (tertiary/aromatic N) is 1. The van der Waals surface area contributed by atoms with E-state index in [9.17, 15) is 4.79 Å². The highest BCUT2D eigenvalue weighted by Crippen LogP contribution is 2.34. The number of carbonyl (C=O) groups is 1. The molecule has 1 N–H and O–H groups in total. The molecule has 0 aromatic carbocycles. The maximum absolute atomic E-state index is 12.3. The van der Waals surface area contributed by atoms with Crippen molar-refractivity contribution in [2.75, 3.05) is 26.3 Å². The quantitative estimate of drug-likeness (QED) is 0.933. The third kappa shape index (κ3) is 3.39. The van der Waals surface area contributed by atoms with Gasteiger partial charge >= 0.3 is 6.03 Å². The maximum Gasteiger partial charge on any atom is 0.317 e. The summed E-state index contributed by atoms with van der Waals surface area (Å²) in [5.74, 6) is -0.270. The van der Waals surface area contributed by atoms with Crippen molar-refractivity contribution in [1.29, 1.82) is 0 Å². The molecule has 6 heteroatoms. The minimum atomic E-state index is -0.521. The van der Waals surface area contributed by atoms with E-state index in [1.807, 2.05) is 29.3 Å². The molecule has 2 fully saturated rings. The molecule has 2 aliphatic rings. The highest BCUT2D eigenvalue weighted by Gasteiger charge is 2.42. The number of hydrogen-bond donors (Lipinski definition) is 1. The molecule has 0 radical (unpaired) electrons. The first-order chi connectivity index (χ1) is 10.2. The Bertz CT molecular complexity index is 471. The van der Waals surface area contributed by atoms with Gasteiger partial charge in [0.05, 0.1) is 19.8 Å². The van der Waals surface area contributed by atoms with Crippen molar-refractivity contribution in [3.63, 3.8) is 0 Å². The summed E-state index contributed by atoms with van der Waals surface area (Å²) < 4.78 is 11.5. The molecule has 5 nitrogen and oxygen atoms in total. The van der Waals surface area contributed by atoms with E-state index in [1.165, 1.54) is 4.88 Å². The lowest BCUT2D eigenvalue weighted by Gasteiger charge is -2.39. The van der Waals surface area contributed by atoms with Crippen molar-refractivity contribution in [1.82, 2.24) is 10.2 Å². The molecular formula is C15H22N2O3S. The summed E-state index contributed by atoms with van der Waals surface area (Å²) in [5.41, 5.74) is 0. The van der Waals surface area contributed by atoms with Crippen molar-refractivity contribution in [2.24, 2.45) is 5.92 Å². The Kier molecular flexibility index (Phi) is 4.47. The minimum Gasteiger partial charge on any atom is -0.347 e. The lowest BCUT2D eigenvalue weighted by atomic mass is 9.90. The van der Waals surface area contributed by atoms with Crippen LogP contribution in [0.3, 0.4) is 0 Å². The number of thiophene rings is 1. The summed E-state index contributed by atoms with van der Waals surface area (Å²) in [6.45, 7) is 5.41. The first-order valence-electron chi connectivity index (χ1n) is 7.50. The van der Waals surface area contributed by atoms with Crippen LogP contribution in [0.1, 0.15) is 24.6 Å². The SMILES string of the molecule is CC1([C@H]2CCCN(C(=O)NCc3cccs3)C2)OCCO1. The predicted octanol–water partition coefficient (Wildman–Crippen LogP) is 2.43. The fourth-order valence-electron chi connectivity index (χ4n) is 3.04. The van der Waals surface area contributed by atoms with E-state index < -0.39 is 5.79 Å². The summed E-state index contributed by atoms with van der Waals surface area (Å²) >= 11 is 1.66. The number of amides is 2.